The summed E-state index contributed by atoms with van der Waals surface area (Å²) in [6.45, 7) is 3.70. The molecule has 2 rings (SSSR count). The standard InChI is InChI=1S/C14H15NO/c1-3-5-11-6-4-7-12-8-9-13(10(2)16)15-14(11)12/h4,6-9H,3,5H2,1-2H3. The predicted molar refractivity (Wildman–Crippen MR) is 65.7 cm³/mol. The third kappa shape index (κ3) is 1.96. The van der Waals surface area contributed by atoms with Gasteiger partial charge in [-0.25, -0.2) is 4.98 Å². The van der Waals surface area contributed by atoms with Crippen LogP contribution in [0.3, 0.4) is 0 Å². The number of pyridine rings is 1. The van der Waals surface area contributed by atoms with Gasteiger partial charge in [-0.05, 0) is 18.1 Å². The summed E-state index contributed by atoms with van der Waals surface area (Å²) in [7, 11) is 0. The number of rotatable bonds is 3. The van der Waals surface area contributed by atoms with Gasteiger partial charge in [0.05, 0.1) is 5.52 Å². The lowest BCUT2D eigenvalue weighted by Gasteiger charge is -2.05. The number of carbonyl (C=O) groups is 1. The average molecular weight is 213 g/mol. The molecule has 82 valence electrons. The van der Waals surface area contributed by atoms with Crippen LogP contribution in [0.1, 0.15) is 36.3 Å². The molecule has 0 amide bonds. The number of hydrogen-bond acceptors (Lipinski definition) is 2. The van der Waals surface area contributed by atoms with Gasteiger partial charge in [0, 0.05) is 12.3 Å². The number of para-hydroxylation sites is 1. The van der Waals surface area contributed by atoms with Gasteiger partial charge in [-0.15, -0.1) is 0 Å². The number of ketones is 1. The zero-order valence-corrected chi connectivity index (χ0v) is 9.66. The van der Waals surface area contributed by atoms with Crippen LogP contribution in [0.5, 0.6) is 0 Å². The number of nitrogens with zero attached hydrogens (tertiary/aromatic N) is 1. The minimum atomic E-state index is 0.0215. The summed E-state index contributed by atoms with van der Waals surface area (Å²) in [6, 6.07) is 9.93. The van der Waals surface area contributed by atoms with E-state index in [1.54, 1.807) is 13.0 Å². The number of aromatic nitrogens is 1. The van der Waals surface area contributed by atoms with Crippen LogP contribution in [0, 0.1) is 0 Å². The molecule has 0 spiro atoms. The molecule has 0 aliphatic carbocycles. The van der Waals surface area contributed by atoms with E-state index in [0.717, 1.165) is 23.7 Å². The van der Waals surface area contributed by atoms with E-state index in [1.165, 1.54) is 5.56 Å². The van der Waals surface area contributed by atoms with E-state index in [2.05, 4.69) is 18.0 Å². The largest absolute Gasteiger partial charge is 0.293 e. The first kappa shape index (κ1) is 10.8. The maximum Gasteiger partial charge on any atom is 0.178 e. The van der Waals surface area contributed by atoms with E-state index in [-0.39, 0.29) is 5.78 Å². The minimum absolute atomic E-state index is 0.0215. The second-order valence-corrected chi connectivity index (χ2v) is 3.99. The second-order valence-electron chi connectivity index (χ2n) is 3.99. The number of fused-ring (bicyclic) bond motifs is 1. The monoisotopic (exact) mass is 213 g/mol. The molecule has 1 aromatic heterocycles. The Labute approximate surface area is 95.3 Å². The van der Waals surface area contributed by atoms with Gasteiger partial charge in [-0.2, -0.15) is 0 Å². The molecule has 0 aliphatic rings. The zero-order chi connectivity index (χ0) is 11.5. The molecule has 0 radical (unpaired) electrons. The van der Waals surface area contributed by atoms with Crippen LogP contribution in [-0.4, -0.2) is 10.8 Å². The van der Waals surface area contributed by atoms with E-state index in [9.17, 15) is 4.79 Å². The number of aryl methyl sites for hydroxylation is 1. The zero-order valence-electron chi connectivity index (χ0n) is 9.66. The fraction of sp³-hybridized carbons (Fsp3) is 0.286. The summed E-state index contributed by atoms with van der Waals surface area (Å²) < 4.78 is 0. The first-order valence-corrected chi connectivity index (χ1v) is 5.62. The fourth-order valence-electron chi connectivity index (χ4n) is 1.88. The van der Waals surface area contributed by atoms with Crippen molar-refractivity contribution < 1.29 is 4.79 Å². The van der Waals surface area contributed by atoms with Gasteiger partial charge in [0.2, 0.25) is 0 Å². The molecule has 2 aromatic rings. The highest BCUT2D eigenvalue weighted by molar-refractivity contribution is 5.95. The van der Waals surface area contributed by atoms with Crippen molar-refractivity contribution in [3.8, 4) is 0 Å². The van der Waals surface area contributed by atoms with E-state index in [1.807, 2.05) is 18.2 Å². The van der Waals surface area contributed by atoms with Crippen LogP contribution in [0.25, 0.3) is 10.9 Å². The lowest BCUT2D eigenvalue weighted by atomic mass is 10.0. The highest BCUT2D eigenvalue weighted by atomic mass is 16.1. The molecule has 0 bridgehead atoms. The van der Waals surface area contributed by atoms with Gasteiger partial charge in [0.1, 0.15) is 5.69 Å². The molecular formula is C14H15NO. The van der Waals surface area contributed by atoms with Gasteiger partial charge in [0.15, 0.2) is 5.78 Å². The number of benzene rings is 1. The molecule has 0 unspecified atom stereocenters. The normalized spacial score (nSPS) is 10.6. The van der Waals surface area contributed by atoms with Crippen LogP contribution in [0.4, 0.5) is 0 Å². The summed E-state index contributed by atoms with van der Waals surface area (Å²) >= 11 is 0. The molecule has 2 heteroatoms. The van der Waals surface area contributed by atoms with Crippen molar-refractivity contribution in [2.24, 2.45) is 0 Å². The highest BCUT2D eigenvalue weighted by Crippen LogP contribution is 2.18. The Balaban J connectivity index is 2.63. The molecule has 0 aliphatic heterocycles. The summed E-state index contributed by atoms with van der Waals surface area (Å²) in [6.07, 6.45) is 2.09. The third-order valence-electron chi connectivity index (χ3n) is 2.68. The van der Waals surface area contributed by atoms with Crippen molar-refractivity contribution in [3.05, 3.63) is 41.6 Å². The highest BCUT2D eigenvalue weighted by Gasteiger charge is 2.05. The van der Waals surface area contributed by atoms with E-state index < -0.39 is 0 Å². The Morgan fingerprint density at radius 1 is 1.25 bits per heavy atom. The number of carbonyl (C=O) groups excluding carboxylic acids is 1. The van der Waals surface area contributed by atoms with Gasteiger partial charge in [0.25, 0.3) is 0 Å². The predicted octanol–water partition coefficient (Wildman–Crippen LogP) is 3.39. The van der Waals surface area contributed by atoms with Gasteiger partial charge < -0.3 is 0 Å². The van der Waals surface area contributed by atoms with Crippen molar-refractivity contribution in [2.75, 3.05) is 0 Å². The van der Waals surface area contributed by atoms with Crippen molar-refractivity contribution in [2.45, 2.75) is 26.7 Å². The molecular weight excluding hydrogens is 198 g/mol. The Morgan fingerprint density at radius 3 is 2.75 bits per heavy atom. The molecule has 1 aromatic carbocycles. The Kier molecular flexibility index (Phi) is 3.00. The van der Waals surface area contributed by atoms with Crippen LogP contribution in [-0.2, 0) is 6.42 Å². The number of Topliss-reactive ketones (excluding diaryl/α,β-unsaturated/α-hetero) is 1. The summed E-state index contributed by atoms with van der Waals surface area (Å²) in [4.78, 5) is 15.7. The average Bonchev–Trinajstić information content (AvgIpc) is 2.29. The van der Waals surface area contributed by atoms with Crippen molar-refractivity contribution in [3.63, 3.8) is 0 Å². The minimum Gasteiger partial charge on any atom is -0.293 e. The molecule has 0 atom stereocenters. The third-order valence-corrected chi connectivity index (χ3v) is 2.68. The molecule has 2 nitrogen and oxygen atoms in total. The summed E-state index contributed by atoms with van der Waals surface area (Å²) in [5.74, 6) is 0.0215. The lowest BCUT2D eigenvalue weighted by molar-refractivity contribution is 0.101. The first-order valence-electron chi connectivity index (χ1n) is 5.62. The van der Waals surface area contributed by atoms with Gasteiger partial charge >= 0.3 is 0 Å². The maximum absolute atomic E-state index is 11.3. The van der Waals surface area contributed by atoms with E-state index in [0.29, 0.717) is 5.69 Å². The quantitative estimate of drug-likeness (QED) is 0.731. The second kappa shape index (κ2) is 4.44. The molecule has 0 saturated heterocycles. The molecule has 1 heterocycles. The molecule has 0 N–H and O–H groups in total. The molecule has 0 saturated carbocycles. The first-order chi connectivity index (χ1) is 7.72. The van der Waals surface area contributed by atoms with Crippen LogP contribution in [0.15, 0.2) is 30.3 Å². The fourth-order valence-corrected chi connectivity index (χ4v) is 1.88. The summed E-state index contributed by atoms with van der Waals surface area (Å²) in [5, 5.41) is 1.11. The van der Waals surface area contributed by atoms with Crippen LogP contribution in [0.2, 0.25) is 0 Å². The summed E-state index contributed by atoms with van der Waals surface area (Å²) in [5.41, 5.74) is 2.75. The van der Waals surface area contributed by atoms with Crippen LogP contribution >= 0.6 is 0 Å². The van der Waals surface area contributed by atoms with E-state index >= 15 is 0 Å². The smallest absolute Gasteiger partial charge is 0.178 e. The topological polar surface area (TPSA) is 30.0 Å². The molecule has 0 fully saturated rings. The van der Waals surface area contributed by atoms with Gasteiger partial charge in [-0.1, -0.05) is 37.6 Å². The Hall–Kier alpha value is -1.70. The van der Waals surface area contributed by atoms with Crippen molar-refractivity contribution in [1.29, 1.82) is 0 Å². The SMILES string of the molecule is CCCc1cccc2ccc(C(C)=O)nc12. The maximum atomic E-state index is 11.3. The van der Waals surface area contributed by atoms with E-state index in [4.69, 9.17) is 0 Å². The lowest BCUT2D eigenvalue weighted by Crippen LogP contribution is -1.98. The van der Waals surface area contributed by atoms with Crippen molar-refractivity contribution >= 4 is 16.7 Å². The van der Waals surface area contributed by atoms with Crippen LogP contribution < -0.4 is 0 Å². The molecule has 16 heavy (non-hydrogen) atoms. The van der Waals surface area contributed by atoms with Gasteiger partial charge in [-0.3, -0.25) is 4.79 Å². The Morgan fingerprint density at radius 2 is 2.06 bits per heavy atom. The number of hydrogen-bond donors (Lipinski definition) is 0. The van der Waals surface area contributed by atoms with Crippen molar-refractivity contribution in [1.82, 2.24) is 4.98 Å². The Bertz CT molecular complexity index is 531.